The summed E-state index contributed by atoms with van der Waals surface area (Å²) in [5, 5.41) is 5.13. The zero-order chi connectivity index (χ0) is 19.9. The largest absolute Gasteiger partial charge is 0.424 e. The number of benzene rings is 1. The fourth-order valence-electron chi connectivity index (χ4n) is 5.05. The maximum Gasteiger partial charge on any atom is 0.424 e. The van der Waals surface area contributed by atoms with Gasteiger partial charge in [-0.1, -0.05) is 79.4 Å². The Balaban J connectivity index is 2.88. The Hall–Kier alpha value is -1.41. The van der Waals surface area contributed by atoms with Crippen molar-refractivity contribution in [2.24, 2.45) is 0 Å². The Morgan fingerprint density at radius 2 is 1.42 bits per heavy atom. The molecule has 4 nitrogen and oxygen atoms in total. The maximum atomic E-state index is 12.4. The summed E-state index contributed by atoms with van der Waals surface area (Å²) in [5.41, 5.74) is 2.65. The van der Waals surface area contributed by atoms with E-state index in [2.05, 4.69) is 90.7 Å². The van der Waals surface area contributed by atoms with E-state index in [1.807, 2.05) is 4.68 Å². The molecule has 0 amide bonds. The molecule has 1 heterocycles. The molecule has 0 aliphatic heterocycles. The second-order valence-electron chi connectivity index (χ2n) is 9.33. The van der Waals surface area contributed by atoms with Crippen LogP contribution in [0.5, 0.6) is 0 Å². The van der Waals surface area contributed by atoms with Crippen molar-refractivity contribution >= 4 is 26.7 Å². The van der Waals surface area contributed by atoms with Crippen LogP contribution < -0.4 is 20.8 Å². The normalized spacial score (nSPS) is 13.2. The molecule has 0 spiro atoms. The Morgan fingerprint density at radius 1 is 0.923 bits per heavy atom. The average Bonchev–Trinajstić information content (AvgIpc) is 2.89. The van der Waals surface area contributed by atoms with Crippen LogP contribution in [0.25, 0.3) is 5.69 Å². The van der Waals surface area contributed by atoms with E-state index in [0.717, 1.165) is 11.0 Å². The van der Waals surface area contributed by atoms with Crippen LogP contribution in [-0.4, -0.2) is 21.4 Å². The van der Waals surface area contributed by atoms with Crippen molar-refractivity contribution in [2.45, 2.75) is 77.8 Å². The second-order valence-corrected chi connectivity index (χ2v) is 20.2. The third-order valence-corrected chi connectivity index (χ3v) is 14.8. The molecule has 0 atom stereocenters. The van der Waals surface area contributed by atoms with Gasteiger partial charge in [0.15, 0.2) is 8.07 Å². The zero-order valence-electron chi connectivity index (χ0n) is 17.8. The standard InChI is InChI=1S/C20H34N2O2Si2/c1-14(2)26(15(3)4,16(5)6)18-13-11-10-12-17(18)22-19(25(7,8)9)20(23)24-21-22/h10-16H,1-9H3/p+1. The molecule has 6 heteroatoms. The minimum Gasteiger partial charge on any atom is -0.283 e. The Kier molecular flexibility index (Phi) is 5.88. The molecule has 0 fully saturated rings. The summed E-state index contributed by atoms with van der Waals surface area (Å²) in [4.78, 5) is 12.4. The van der Waals surface area contributed by atoms with Crippen molar-refractivity contribution in [3.05, 3.63) is 34.7 Å². The molecule has 1 aromatic carbocycles. The van der Waals surface area contributed by atoms with Crippen molar-refractivity contribution < 1.29 is 9.20 Å². The number of hydrogen-bond acceptors (Lipinski definition) is 2. The third-order valence-electron chi connectivity index (χ3n) is 5.83. The van der Waals surface area contributed by atoms with Crippen molar-refractivity contribution in [3.8, 4) is 5.69 Å². The summed E-state index contributed by atoms with van der Waals surface area (Å²) in [5.74, 6) is 0. The maximum absolute atomic E-state index is 12.4. The highest BCUT2D eigenvalue weighted by Crippen LogP contribution is 2.41. The summed E-state index contributed by atoms with van der Waals surface area (Å²) < 4.78 is 7.20. The molecule has 0 aliphatic carbocycles. The Bertz CT molecular complexity index is 792. The number of nitrogens with zero attached hydrogens (tertiary/aromatic N) is 1. The smallest absolute Gasteiger partial charge is 0.283 e. The predicted molar refractivity (Wildman–Crippen MR) is 115 cm³/mol. The SMILES string of the molecule is CC(C)[Si](c1ccccc1-[n+]1[nH]oc(=O)c1[Si](C)(C)C)(C(C)C)C(C)C. The lowest BCUT2D eigenvalue weighted by Crippen LogP contribution is -2.67. The number of nitrogens with one attached hydrogen (secondary N) is 1. The van der Waals surface area contributed by atoms with E-state index < -0.39 is 16.1 Å². The number of aromatic nitrogens is 2. The molecular formula is C20H35N2O2Si2+. The lowest BCUT2D eigenvalue weighted by atomic mass is 10.3. The quantitative estimate of drug-likeness (QED) is 0.603. The van der Waals surface area contributed by atoms with Gasteiger partial charge in [-0.25, -0.2) is 4.79 Å². The van der Waals surface area contributed by atoms with Gasteiger partial charge in [-0.2, -0.15) is 0 Å². The first kappa shape index (κ1) is 20.9. The first-order chi connectivity index (χ1) is 12.0. The Morgan fingerprint density at radius 3 is 1.88 bits per heavy atom. The van der Waals surface area contributed by atoms with Crippen LogP contribution in [0.3, 0.4) is 0 Å². The second kappa shape index (κ2) is 7.31. The molecule has 0 radical (unpaired) electrons. The minimum absolute atomic E-state index is 0.232. The lowest BCUT2D eigenvalue weighted by molar-refractivity contribution is -0.653. The van der Waals surface area contributed by atoms with E-state index in [-0.39, 0.29) is 5.63 Å². The van der Waals surface area contributed by atoms with Gasteiger partial charge in [0.1, 0.15) is 8.07 Å². The summed E-state index contributed by atoms with van der Waals surface area (Å²) in [6.45, 7) is 20.8. The van der Waals surface area contributed by atoms with Crippen LogP contribution in [0.2, 0.25) is 36.3 Å². The zero-order valence-corrected chi connectivity index (χ0v) is 19.8. The molecule has 0 saturated heterocycles. The first-order valence-electron chi connectivity index (χ1n) is 9.69. The van der Waals surface area contributed by atoms with Crippen LogP contribution in [0.4, 0.5) is 0 Å². The van der Waals surface area contributed by atoms with Crippen LogP contribution in [0.1, 0.15) is 41.5 Å². The summed E-state index contributed by atoms with van der Waals surface area (Å²) >= 11 is 0. The van der Waals surface area contributed by atoms with Gasteiger partial charge >= 0.3 is 5.63 Å². The fourth-order valence-corrected chi connectivity index (χ4v) is 13.4. The van der Waals surface area contributed by atoms with Crippen LogP contribution >= 0.6 is 0 Å². The highest BCUT2D eigenvalue weighted by Gasteiger charge is 2.48. The van der Waals surface area contributed by atoms with Gasteiger partial charge in [-0.15, -0.1) is 0 Å². The molecule has 2 aromatic rings. The van der Waals surface area contributed by atoms with E-state index in [0.29, 0.717) is 16.6 Å². The highest BCUT2D eigenvalue weighted by molar-refractivity contribution is 6.95. The molecule has 1 N–H and O–H groups in total. The monoisotopic (exact) mass is 391 g/mol. The van der Waals surface area contributed by atoms with Gasteiger partial charge in [0.05, 0.1) is 0 Å². The van der Waals surface area contributed by atoms with Crippen molar-refractivity contribution in [3.63, 3.8) is 0 Å². The molecule has 0 bridgehead atoms. The van der Waals surface area contributed by atoms with Crippen LogP contribution in [0.15, 0.2) is 33.6 Å². The molecule has 0 saturated carbocycles. The highest BCUT2D eigenvalue weighted by atomic mass is 28.3. The molecule has 26 heavy (non-hydrogen) atoms. The van der Waals surface area contributed by atoms with Crippen LogP contribution in [-0.2, 0) is 0 Å². The van der Waals surface area contributed by atoms with E-state index >= 15 is 0 Å². The minimum atomic E-state index is -1.88. The van der Waals surface area contributed by atoms with E-state index in [4.69, 9.17) is 4.52 Å². The summed E-state index contributed by atoms with van der Waals surface area (Å²) in [6, 6.07) is 8.62. The van der Waals surface area contributed by atoms with E-state index in [1.54, 1.807) is 0 Å². The average molecular weight is 392 g/mol. The topological polar surface area (TPSA) is 49.9 Å². The van der Waals surface area contributed by atoms with Crippen LogP contribution in [0, 0.1) is 0 Å². The molecule has 0 unspecified atom stereocenters. The van der Waals surface area contributed by atoms with Gasteiger partial charge in [0, 0.05) is 11.3 Å². The van der Waals surface area contributed by atoms with Gasteiger partial charge in [0.25, 0.3) is 5.32 Å². The molecule has 1 aromatic heterocycles. The van der Waals surface area contributed by atoms with Crippen molar-refractivity contribution in [1.29, 1.82) is 0 Å². The molecular weight excluding hydrogens is 356 g/mol. The van der Waals surface area contributed by atoms with Gasteiger partial charge < -0.3 is 0 Å². The number of H-pyrrole nitrogens is 1. The number of para-hydroxylation sites is 1. The first-order valence-corrected chi connectivity index (χ1v) is 15.4. The number of rotatable bonds is 6. The molecule has 2 rings (SSSR count). The summed E-state index contributed by atoms with van der Waals surface area (Å²) in [7, 11) is -3.75. The lowest BCUT2D eigenvalue weighted by Gasteiger charge is -2.43. The fraction of sp³-hybridized carbons (Fsp3) is 0.600. The van der Waals surface area contributed by atoms with Gasteiger partial charge in [-0.05, 0) is 26.6 Å². The Labute approximate surface area is 159 Å². The third kappa shape index (κ3) is 3.29. The van der Waals surface area contributed by atoms with Crippen molar-refractivity contribution in [2.75, 3.05) is 0 Å². The predicted octanol–water partition coefficient (Wildman–Crippen LogP) is 3.68. The number of hydrogen-bond donors (Lipinski definition) is 1. The van der Waals surface area contributed by atoms with E-state index in [9.17, 15) is 4.79 Å². The molecule has 0 aliphatic rings. The number of aromatic amines is 1. The van der Waals surface area contributed by atoms with Gasteiger partial charge in [0.2, 0.25) is 5.69 Å². The summed E-state index contributed by atoms with van der Waals surface area (Å²) in [6.07, 6.45) is 0. The van der Waals surface area contributed by atoms with Crippen molar-refractivity contribution in [1.82, 2.24) is 5.27 Å². The van der Waals surface area contributed by atoms with E-state index in [1.165, 1.54) is 5.19 Å². The van der Waals surface area contributed by atoms with Gasteiger partial charge in [-0.3, -0.25) is 4.52 Å². The molecule has 144 valence electrons.